The minimum Gasteiger partial charge on any atom is -0.476 e. The van der Waals surface area contributed by atoms with E-state index in [-0.39, 0.29) is 5.69 Å². The zero-order chi connectivity index (χ0) is 11.4. The number of hydrogen-bond donors (Lipinski definition) is 2. The van der Waals surface area contributed by atoms with E-state index in [0.717, 1.165) is 5.13 Å². The minimum atomic E-state index is -0.954. The SMILES string of the molecule is O=C(O)c1csc(NC2CCCCCC2)n1. The maximum absolute atomic E-state index is 10.7. The highest BCUT2D eigenvalue weighted by Gasteiger charge is 2.14. The molecule has 0 atom stereocenters. The number of carboxylic acids is 1. The molecular weight excluding hydrogens is 224 g/mol. The summed E-state index contributed by atoms with van der Waals surface area (Å²) in [6.07, 6.45) is 7.49. The van der Waals surface area contributed by atoms with E-state index in [1.165, 1.54) is 49.9 Å². The molecule has 1 fully saturated rings. The van der Waals surface area contributed by atoms with Crippen molar-refractivity contribution in [3.8, 4) is 0 Å². The molecule has 0 spiro atoms. The fourth-order valence-corrected chi connectivity index (χ4v) is 2.80. The minimum absolute atomic E-state index is 0.140. The predicted octanol–water partition coefficient (Wildman–Crippen LogP) is 2.98. The van der Waals surface area contributed by atoms with Crippen molar-refractivity contribution in [2.45, 2.75) is 44.6 Å². The number of nitrogens with zero attached hydrogens (tertiary/aromatic N) is 1. The van der Waals surface area contributed by atoms with Crippen LogP contribution in [0.4, 0.5) is 5.13 Å². The fourth-order valence-electron chi connectivity index (χ4n) is 2.04. The zero-order valence-corrected chi connectivity index (χ0v) is 9.92. The predicted molar refractivity (Wildman–Crippen MR) is 64.2 cm³/mol. The molecule has 88 valence electrons. The molecule has 1 aromatic heterocycles. The smallest absolute Gasteiger partial charge is 0.355 e. The van der Waals surface area contributed by atoms with Crippen LogP contribution in [0.1, 0.15) is 49.0 Å². The fraction of sp³-hybridized carbons (Fsp3) is 0.636. The average molecular weight is 240 g/mol. The molecule has 5 heteroatoms. The molecule has 0 amide bonds. The summed E-state index contributed by atoms with van der Waals surface area (Å²) >= 11 is 1.38. The topological polar surface area (TPSA) is 62.2 Å². The largest absolute Gasteiger partial charge is 0.476 e. The van der Waals surface area contributed by atoms with Crippen LogP contribution >= 0.6 is 11.3 Å². The van der Waals surface area contributed by atoms with Gasteiger partial charge >= 0.3 is 5.97 Å². The van der Waals surface area contributed by atoms with Crippen LogP contribution in [0.2, 0.25) is 0 Å². The molecule has 1 heterocycles. The number of carbonyl (C=O) groups is 1. The van der Waals surface area contributed by atoms with Crippen LogP contribution in [0.5, 0.6) is 0 Å². The van der Waals surface area contributed by atoms with E-state index in [0.29, 0.717) is 6.04 Å². The van der Waals surface area contributed by atoms with E-state index in [9.17, 15) is 4.79 Å². The molecule has 0 aliphatic heterocycles. The number of nitrogens with one attached hydrogen (secondary N) is 1. The highest BCUT2D eigenvalue weighted by atomic mass is 32.1. The first-order valence-corrected chi connectivity index (χ1v) is 6.59. The van der Waals surface area contributed by atoms with Gasteiger partial charge in [-0.1, -0.05) is 25.7 Å². The highest BCUT2D eigenvalue weighted by molar-refractivity contribution is 7.13. The second-order valence-electron chi connectivity index (χ2n) is 4.18. The lowest BCUT2D eigenvalue weighted by Crippen LogP contribution is -2.18. The van der Waals surface area contributed by atoms with Gasteiger partial charge in [-0.3, -0.25) is 0 Å². The molecule has 1 aromatic rings. The lowest BCUT2D eigenvalue weighted by Gasteiger charge is -2.14. The molecule has 1 saturated carbocycles. The Hall–Kier alpha value is -1.10. The van der Waals surface area contributed by atoms with Crippen LogP contribution in [-0.2, 0) is 0 Å². The van der Waals surface area contributed by atoms with E-state index in [1.807, 2.05) is 0 Å². The van der Waals surface area contributed by atoms with E-state index in [4.69, 9.17) is 5.11 Å². The first-order valence-electron chi connectivity index (χ1n) is 5.71. The summed E-state index contributed by atoms with van der Waals surface area (Å²) in [5.74, 6) is -0.954. The standard InChI is InChI=1S/C11H16N2O2S/c14-10(15)9-7-16-11(13-9)12-8-5-3-1-2-4-6-8/h7-8H,1-6H2,(H,12,13)(H,14,15). The molecule has 16 heavy (non-hydrogen) atoms. The van der Waals surface area contributed by atoms with Crippen molar-refractivity contribution in [2.24, 2.45) is 0 Å². The first kappa shape index (κ1) is 11.4. The van der Waals surface area contributed by atoms with Gasteiger partial charge in [0, 0.05) is 11.4 Å². The van der Waals surface area contributed by atoms with Crippen molar-refractivity contribution in [1.82, 2.24) is 4.98 Å². The average Bonchev–Trinajstić information content (AvgIpc) is 2.56. The van der Waals surface area contributed by atoms with Crippen molar-refractivity contribution < 1.29 is 9.90 Å². The van der Waals surface area contributed by atoms with Gasteiger partial charge in [0.2, 0.25) is 0 Å². The summed E-state index contributed by atoms with van der Waals surface area (Å²) in [4.78, 5) is 14.7. The molecule has 0 radical (unpaired) electrons. The van der Waals surface area contributed by atoms with Gasteiger partial charge in [-0.05, 0) is 12.8 Å². The zero-order valence-electron chi connectivity index (χ0n) is 9.11. The Bertz CT molecular complexity index is 357. The van der Waals surface area contributed by atoms with Gasteiger partial charge in [0.05, 0.1) is 0 Å². The third-order valence-corrected chi connectivity index (χ3v) is 3.68. The quantitative estimate of drug-likeness (QED) is 0.797. The Labute approximate surface area is 98.7 Å². The summed E-state index contributed by atoms with van der Waals surface area (Å²) < 4.78 is 0. The van der Waals surface area contributed by atoms with Crippen LogP contribution in [0.15, 0.2) is 5.38 Å². The number of carboxylic acid groups (broad SMARTS) is 1. The molecular formula is C11H16N2O2S. The van der Waals surface area contributed by atoms with Crippen molar-refractivity contribution in [3.05, 3.63) is 11.1 Å². The van der Waals surface area contributed by atoms with Crippen molar-refractivity contribution in [3.63, 3.8) is 0 Å². The van der Waals surface area contributed by atoms with E-state index < -0.39 is 5.97 Å². The number of thiazole rings is 1. The summed E-state index contributed by atoms with van der Waals surface area (Å²) in [5, 5.41) is 14.4. The molecule has 0 bridgehead atoms. The Balaban J connectivity index is 1.94. The van der Waals surface area contributed by atoms with E-state index in [1.54, 1.807) is 5.38 Å². The summed E-state index contributed by atoms with van der Waals surface area (Å²) in [7, 11) is 0. The first-order chi connectivity index (χ1) is 7.75. The Morgan fingerprint density at radius 2 is 2.06 bits per heavy atom. The Kier molecular flexibility index (Phi) is 3.77. The van der Waals surface area contributed by atoms with Crippen molar-refractivity contribution >= 4 is 22.4 Å². The number of aromatic nitrogens is 1. The Morgan fingerprint density at radius 1 is 1.38 bits per heavy atom. The molecule has 2 rings (SSSR count). The van der Waals surface area contributed by atoms with Gasteiger partial charge in [0.15, 0.2) is 10.8 Å². The van der Waals surface area contributed by atoms with Gasteiger partial charge in [-0.2, -0.15) is 0 Å². The maximum Gasteiger partial charge on any atom is 0.355 e. The number of aromatic carboxylic acids is 1. The summed E-state index contributed by atoms with van der Waals surface area (Å²) in [6, 6.07) is 0.468. The second-order valence-corrected chi connectivity index (χ2v) is 5.03. The molecule has 4 nitrogen and oxygen atoms in total. The van der Waals surface area contributed by atoms with Crippen molar-refractivity contribution in [1.29, 1.82) is 0 Å². The van der Waals surface area contributed by atoms with Crippen LogP contribution < -0.4 is 5.32 Å². The second kappa shape index (κ2) is 5.30. The van der Waals surface area contributed by atoms with Gasteiger partial charge in [0.25, 0.3) is 0 Å². The molecule has 2 N–H and O–H groups in total. The maximum atomic E-state index is 10.7. The summed E-state index contributed by atoms with van der Waals surface area (Å²) in [6.45, 7) is 0. The molecule has 0 unspecified atom stereocenters. The Morgan fingerprint density at radius 3 is 2.62 bits per heavy atom. The van der Waals surface area contributed by atoms with Gasteiger partial charge < -0.3 is 10.4 Å². The molecule has 1 aliphatic rings. The molecule has 0 saturated heterocycles. The van der Waals surface area contributed by atoms with Crippen LogP contribution in [0, 0.1) is 0 Å². The normalized spacial score (nSPS) is 18.0. The third kappa shape index (κ3) is 2.95. The van der Waals surface area contributed by atoms with Crippen molar-refractivity contribution in [2.75, 3.05) is 5.32 Å². The van der Waals surface area contributed by atoms with Gasteiger partial charge in [-0.25, -0.2) is 9.78 Å². The van der Waals surface area contributed by atoms with E-state index >= 15 is 0 Å². The number of rotatable bonds is 3. The van der Waals surface area contributed by atoms with Crippen LogP contribution in [-0.4, -0.2) is 22.1 Å². The molecule has 1 aliphatic carbocycles. The van der Waals surface area contributed by atoms with Crippen LogP contribution in [0.25, 0.3) is 0 Å². The monoisotopic (exact) mass is 240 g/mol. The van der Waals surface area contributed by atoms with Gasteiger partial charge in [0.1, 0.15) is 0 Å². The van der Waals surface area contributed by atoms with Crippen LogP contribution in [0.3, 0.4) is 0 Å². The lowest BCUT2D eigenvalue weighted by molar-refractivity contribution is 0.0691. The van der Waals surface area contributed by atoms with E-state index in [2.05, 4.69) is 10.3 Å². The van der Waals surface area contributed by atoms with Gasteiger partial charge in [-0.15, -0.1) is 11.3 Å². The highest BCUT2D eigenvalue weighted by Crippen LogP contribution is 2.23. The number of hydrogen-bond acceptors (Lipinski definition) is 4. The third-order valence-electron chi connectivity index (χ3n) is 2.91. The lowest BCUT2D eigenvalue weighted by atomic mass is 10.1. The summed E-state index contributed by atoms with van der Waals surface area (Å²) in [5.41, 5.74) is 0.140. The number of anilines is 1. The molecule has 0 aromatic carbocycles.